The van der Waals surface area contributed by atoms with Gasteiger partial charge in [0.15, 0.2) is 0 Å². The molecule has 4 nitrogen and oxygen atoms in total. The monoisotopic (exact) mass is 359 g/mol. The minimum Gasteiger partial charge on any atom is -0.356 e. The largest absolute Gasteiger partial charge is 0.356 e. The van der Waals surface area contributed by atoms with Crippen molar-refractivity contribution in [3.8, 4) is 0 Å². The molecule has 0 fully saturated rings. The minimum atomic E-state index is -0.432. The predicted molar refractivity (Wildman–Crippen MR) is 97.8 cm³/mol. The third-order valence-electron chi connectivity index (χ3n) is 4.27. The second-order valence-electron chi connectivity index (χ2n) is 5.84. The van der Waals surface area contributed by atoms with Gasteiger partial charge in [0.05, 0.1) is 0 Å². The fourth-order valence-electron chi connectivity index (χ4n) is 3.20. The first-order chi connectivity index (χ1) is 11.6. The minimum absolute atomic E-state index is 0.115. The van der Waals surface area contributed by atoms with Gasteiger partial charge in [-0.15, -0.1) is 0 Å². The van der Waals surface area contributed by atoms with Crippen molar-refractivity contribution in [3.05, 3.63) is 63.8 Å². The Kier molecular flexibility index (Phi) is 3.96. The molecule has 2 aromatic carbocycles. The van der Waals surface area contributed by atoms with Crippen LogP contribution in [0.3, 0.4) is 0 Å². The van der Waals surface area contributed by atoms with Crippen LogP contribution in [0.5, 0.6) is 0 Å². The van der Waals surface area contributed by atoms with Crippen molar-refractivity contribution in [3.63, 3.8) is 0 Å². The number of nitrogens with one attached hydrogen (secondary N) is 3. The Morgan fingerprint density at radius 1 is 1.12 bits per heavy atom. The molecule has 0 saturated heterocycles. The first-order valence-corrected chi connectivity index (χ1v) is 8.47. The van der Waals surface area contributed by atoms with E-state index in [9.17, 15) is 4.79 Å². The molecule has 0 bridgehead atoms. The molecule has 1 aromatic heterocycles. The summed E-state index contributed by atoms with van der Waals surface area (Å²) in [5, 5.41) is 8.56. The van der Waals surface area contributed by atoms with Gasteiger partial charge in [-0.2, -0.15) is 0 Å². The van der Waals surface area contributed by atoms with Crippen LogP contribution in [0.1, 0.15) is 17.3 Å². The van der Waals surface area contributed by atoms with Gasteiger partial charge >= 0.3 is 0 Å². The van der Waals surface area contributed by atoms with Crippen LogP contribution in [0.2, 0.25) is 10.0 Å². The fraction of sp³-hybridized carbons (Fsp3) is 0.167. The third-order valence-corrected chi connectivity index (χ3v) is 4.74. The second kappa shape index (κ2) is 6.13. The summed E-state index contributed by atoms with van der Waals surface area (Å²) < 4.78 is 0. The maximum Gasteiger partial charge on any atom is 0.247 e. The molecule has 3 N–H and O–H groups in total. The number of rotatable bonds is 2. The summed E-state index contributed by atoms with van der Waals surface area (Å²) in [5.74, 6) is -0.115. The SMILES string of the molecule is O=C(Nc1cccc(Cl)c1)C1NCCc2c1[nH]c1ccc(Cl)cc21. The molecule has 0 spiro atoms. The molecule has 3 aromatic rings. The third kappa shape index (κ3) is 2.77. The van der Waals surface area contributed by atoms with Crippen molar-refractivity contribution >= 4 is 45.7 Å². The highest BCUT2D eigenvalue weighted by Crippen LogP contribution is 2.32. The number of fused-ring (bicyclic) bond motifs is 3. The van der Waals surface area contributed by atoms with E-state index in [1.54, 1.807) is 12.1 Å². The van der Waals surface area contributed by atoms with E-state index in [1.165, 1.54) is 0 Å². The molecule has 1 unspecified atom stereocenters. The van der Waals surface area contributed by atoms with E-state index in [0.29, 0.717) is 15.7 Å². The maximum atomic E-state index is 12.7. The zero-order chi connectivity index (χ0) is 16.7. The molecular weight excluding hydrogens is 345 g/mol. The average molecular weight is 360 g/mol. The quantitative estimate of drug-likeness (QED) is 0.638. The van der Waals surface area contributed by atoms with Gasteiger partial charge in [-0.25, -0.2) is 0 Å². The van der Waals surface area contributed by atoms with Crippen LogP contribution in [-0.2, 0) is 11.2 Å². The smallest absolute Gasteiger partial charge is 0.247 e. The summed E-state index contributed by atoms with van der Waals surface area (Å²) in [6, 6.07) is 12.4. The van der Waals surface area contributed by atoms with Crippen LogP contribution in [0.4, 0.5) is 5.69 Å². The van der Waals surface area contributed by atoms with Crippen LogP contribution in [-0.4, -0.2) is 17.4 Å². The predicted octanol–water partition coefficient (Wildman–Crippen LogP) is 4.30. The van der Waals surface area contributed by atoms with Crippen molar-refractivity contribution in [1.82, 2.24) is 10.3 Å². The average Bonchev–Trinajstić information content (AvgIpc) is 2.92. The first kappa shape index (κ1) is 15.5. The molecule has 24 heavy (non-hydrogen) atoms. The zero-order valence-electron chi connectivity index (χ0n) is 12.7. The van der Waals surface area contributed by atoms with Gasteiger partial charge < -0.3 is 15.6 Å². The summed E-state index contributed by atoms with van der Waals surface area (Å²) in [7, 11) is 0. The highest BCUT2D eigenvalue weighted by Gasteiger charge is 2.29. The lowest BCUT2D eigenvalue weighted by atomic mass is 9.99. The topological polar surface area (TPSA) is 56.9 Å². The van der Waals surface area contributed by atoms with Crippen LogP contribution in [0, 0.1) is 0 Å². The number of benzene rings is 2. The highest BCUT2D eigenvalue weighted by molar-refractivity contribution is 6.31. The van der Waals surface area contributed by atoms with Crippen LogP contribution in [0.25, 0.3) is 10.9 Å². The molecule has 122 valence electrons. The molecule has 0 aliphatic carbocycles. The standard InChI is InChI=1S/C18H15Cl2N3O/c19-10-2-1-3-12(8-10)22-18(24)17-16-13(6-7-21-17)14-9-11(20)4-5-15(14)23-16/h1-5,8-9,17,21,23H,6-7H2,(H,22,24). The molecule has 0 radical (unpaired) electrons. The number of carbonyl (C=O) groups excluding carboxylic acids is 1. The van der Waals surface area contributed by atoms with E-state index in [-0.39, 0.29) is 5.91 Å². The van der Waals surface area contributed by atoms with Gasteiger partial charge in [0.1, 0.15) is 6.04 Å². The molecule has 1 amide bonds. The fourth-order valence-corrected chi connectivity index (χ4v) is 3.57. The summed E-state index contributed by atoms with van der Waals surface area (Å²) in [5.41, 5.74) is 3.73. The van der Waals surface area contributed by atoms with Crippen molar-refractivity contribution in [2.45, 2.75) is 12.5 Å². The van der Waals surface area contributed by atoms with E-state index in [2.05, 4.69) is 15.6 Å². The molecule has 1 aliphatic rings. The Balaban J connectivity index is 1.68. The van der Waals surface area contributed by atoms with E-state index in [1.807, 2.05) is 30.3 Å². The van der Waals surface area contributed by atoms with E-state index >= 15 is 0 Å². The Bertz CT molecular complexity index is 935. The summed E-state index contributed by atoms with van der Waals surface area (Å²) in [6.07, 6.45) is 0.858. The summed E-state index contributed by atoms with van der Waals surface area (Å²) in [4.78, 5) is 16.1. The molecule has 6 heteroatoms. The van der Waals surface area contributed by atoms with Gasteiger partial charge in [0, 0.05) is 38.9 Å². The van der Waals surface area contributed by atoms with Crippen LogP contribution in [0.15, 0.2) is 42.5 Å². The molecule has 0 saturated carbocycles. The van der Waals surface area contributed by atoms with Crippen molar-refractivity contribution in [2.24, 2.45) is 0 Å². The maximum absolute atomic E-state index is 12.7. The lowest BCUT2D eigenvalue weighted by molar-refractivity contribution is -0.118. The molecule has 2 heterocycles. The zero-order valence-corrected chi connectivity index (χ0v) is 14.2. The Hall–Kier alpha value is -2.01. The number of halogens is 2. The Labute approximate surface area is 149 Å². The van der Waals surface area contributed by atoms with Gasteiger partial charge in [0.2, 0.25) is 5.91 Å². The number of aromatic nitrogens is 1. The molecule has 1 aliphatic heterocycles. The van der Waals surface area contributed by atoms with Crippen LogP contribution < -0.4 is 10.6 Å². The van der Waals surface area contributed by atoms with Crippen molar-refractivity contribution in [1.29, 1.82) is 0 Å². The first-order valence-electron chi connectivity index (χ1n) is 7.71. The van der Waals surface area contributed by atoms with E-state index < -0.39 is 6.04 Å². The number of amides is 1. The Morgan fingerprint density at radius 3 is 2.79 bits per heavy atom. The van der Waals surface area contributed by atoms with E-state index in [4.69, 9.17) is 23.2 Å². The van der Waals surface area contributed by atoms with E-state index in [0.717, 1.165) is 35.1 Å². The molecular formula is C18H15Cl2N3O. The van der Waals surface area contributed by atoms with Gasteiger partial charge in [-0.3, -0.25) is 4.79 Å². The lowest BCUT2D eigenvalue weighted by Gasteiger charge is -2.23. The number of anilines is 1. The highest BCUT2D eigenvalue weighted by atomic mass is 35.5. The lowest BCUT2D eigenvalue weighted by Crippen LogP contribution is -2.38. The number of H-pyrrole nitrogens is 1. The van der Waals surface area contributed by atoms with Gasteiger partial charge in [0.25, 0.3) is 0 Å². The van der Waals surface area contributed by atoms with Gasteiger partial charge in [-0.1, -0.05) is 29.3 Å². The summed E-state index contributed by atoms with van der Waals surface area (Å²) in [6.45, 7) is 0.736. The number of hydrogen-bond donors (Lipinski definition) is 3. The Morgan fingerprint density at radius 2 is 1.96 bits per heavy atom. The number of carbonyl (C=O) groups is 1. The van der Waals surface area contributed by atoms with Crippen molar-refractivity contribution in [2.75, 3.05) is 11.9 Å². The van der Waals surface area contributed by atoms with Gasteiger partial charge in [-0.05, 0) is 48.4 Å². The normalized spacial score (nSPS) is 16.8. The molecule has 4 rings (SSSR count). The van der Waals surface area contributed by atoms with Crippen molar-refractivity contribution < 1.29 is 4.79 Å². The number of hydrogen-bond acceptors (Lipinski definition) is 2. The molecule has 1 atom stereocenters. The second-order valence-corrected chi connectivity index (χ2v) is 6.72. The summed E-state index contributed by atoms with van der Waals surface area (Å²) >= 11 is 12.1. The van der Waals surface area contributed by atoms with Crippen LogP contribution >= 0.6 is 23.2 Å². The number of aromatic amines is 1.